The third-order valence-electron chi connectivity index (χ3n) is 12.3. The molecule has 2 spiro atoms. The molecule has 6 nitrogen and oxygen atoms in total. The van der Waals surface area contributed by atoms with Crippen LogP contribution in [0.25, 0.3) is 0 Å². The zero-order valence-corrected chi connectivity index (χ0v) is 22.9. The Kier molecular flexibility index (Phi) is 5.04. The molecule has 1 aromatic carbocycles. The highest BCUT2D eigenvalue weighted by Gasteiger charge is 2.78. The van der Waals surface area contributed by atoms with Crippen LogP contribution in [0.5, 0.6) is 5.75 Å². The molecule has 1 saturated heterocycles. The van der Waals surface area contributed by atoms with E-state index in [0.717, 1.165) is 31.4 Å². The molecule has 0 radical (unpaired) electrons. The first-order valence-electron chi connectivity index (χ1n) is 14.5. The molecule has 7 rings (SSSR count). The minimum Gasteiger partial charge on any atom is -0.497 e. The molecule has 8 atom stereocenters. The highest BCUT2D eigenvalue weighted by molar-refractivity contribution is 5.47. The average Bonchev–Trinajstić information content (AvgIpc) is 3.15. The van der Waals surface area contributed by atoms with Crippen molar-refractivity contribution in [2.75, 3.05) is 20.3 Å². The summed E-state index contributed by atoms with van der Waals surface area (Å²) >= 11 is 0. The van der Waals surface area contributed by atoms with Gasteiger partial charge in [0.25, 0.3) is 0 Å². The van der Waals surface area contributed by atoms with Crippen molar-refractivity contribution < 1.29 is 29.5 Å². The second-order valence-electron chi connectivity index (χ2n) is 14.6. The van der Waals surface area contributed by atoms with Crippen LogP contribution >= 0.6 is 0 Å². The first-order chi connectivity index (χ1) is 17.4. The standard InChI is InChI=1S/C31H44O6/c1-26(2)17-36-30(37-18-26)12-11-28-14-19-13-20(35-4)5-6-21(19)24-15-27(3)22(7-8-25(27)32)23(31(24,28)34)9-10-29(28,33)16-30/h5-6,13,22-25,32-34H,7-12,14-18H2,1-4H3/t22-,23-,24?,25-,27-,28+,29+,31-/m0/s1. The Hall–Kier alpha value is -1.18. The van der Waals surface area contributed by atoms with E-state index in [-0.39, 0.29) is 34.7 Å². The molecule has 1 aromatic rings. The first-order valence-corrected chi connectivity index (χ1v) is 14.5. The lowest BCUT2D eigenvalue weighted by Gasteiger charge is -2.73. The highest BCUT2D eigenvalue weighted by Crippen LogP contribution is 2.75. The van der Waals surface area contributed by atoms with Crippen molar-refractivity contribution >= 4 is 0 Å². The molecule has 1 heterocycles. The van der Waals surface area contributed by atoms with E-state index in [1.807, 2.05) is 6.07 Å². The van der Waals surface area contributed by atoms with E-state index < -0.39 is 22.4 Å². The molecule has 1 unspecified atom stereocenters. The predicted molar refractivity (Wildman–Crippen MR) is 138 cm³/mol. The molecular weight excluding hydrogens is 468 g/mol. The van der Waals surface area contributed by atoms with Gasteiger partial charge >= 0.3 is 0 Å². The Labute approximate surface area is 220 Å². The fourth-order valence-corrected chi connectivity index (χ4v) is 10.3. The van der Waals surface area contributed by atoms with Crippen molar-refractivity contribution in [3.05, 3.63) is 29.3 Å². The zero-order chi connectivity index (χ0) is 26.1. The Balaban J connectivity index is 1.37. The molecule has 4 saturated carbocycles. The fourth-order valence-electron chi connectivity index (χ4n) is 10.3. The van der Waals surface area contributed by atoms with E-state index in [0.29, 0.717) is 45.3 Å². The number of aliphatic hydroxyl groups excluding tert-OH is 1. The monoisotopic (exact) mass is 512 g/mol. The molecule has 204 valence electrons. The lowest BCUT2D eigenvalue weighted by Crippen LogP contribution is -2.78. The smallest absolute Gasteiger partial charge is 0.171 e. The highest BCUT2D eigenvalue weighted by atomic mass is 16.7. The van der Waals surface area contributed by atoms with Gasteiger partial charge in [-0.25, -0.2) is 0 Å². The minimum absolute atomic E-state index is 0.0403. The summed E-state index contributed by atoms with van der Waals surface area (Å²) in [5.74, 6) is 0.226. The van der Waals surface area contributed by atoms with E-state index in [4.69, 9.17) is 14.2 Å². The van der Waals surface area contributed by atoms with Crippen LogP contribution in [0.1, 0.15) is 89.2 Å². The van der Waals surface area contributed by atoms with Crippen LogP contribution in [0.2, 0.25) is 0 Å². The maximum Gasteiger partial charge on any atom is 0.171 e. The molecule has 3 N–H and O–H groups in total. The number of fused-ring (bicyclic) bond motifs is 4. The van der Waals surface area contributed by atoms with Crippen LogP contribution in [0, 0.1) is 28.1 Å². The molecular formula is C31H44O6. The molecule has 0 aromatic heterocycles. The van der Waals surface area contributed by atoms with Gasteiger partial charge in [0.05, 0.1) is 37.6 Å². The molecule has 1 aliphatic heterocycles. The number of rotatable bonds is 1. The number of ether oxygens (including phenoxy) is 3. The van der Waals surface area contributed by atoms with Crippen LogP contribution in [0.4, 0.5) is 0 Å². The molecule has 6 aliphatic rings. The van der Waals surface area contributed by atoms with Gasteiger partial charge in [0.1, 0.15) is 5.75 Å². The maximum atomic E-state index is 13.3. The number of hydrogen-bond donors (Lipinski definition) is 3. The summed E-state index contributed by atoms with van der Waals surface area (Å²) in [6.45, 7) is 7.78. The summed E-state index contributed by atoms with van der Waals surface area (Å²) in [5.41, 5.74) is -0.731. The lowest BCUT2D eigenvalue weighted by molar-refractivity contribution is -0.378. The Morgan fingerprint density at radius 1 is 0.946 bits per heavy atom. The number of benzene rings is 1. The van der Waals surface area contributed by atoms with Crippen LogP contribution in [-0.4, -0.2) is 58.7 Å². The van der Waals surface area contributed by atoms with Gasteiger partial charge in [0.2, 0.25) is 0 Å². The summed E-state index contributed by atoms with van der Waals surface area (Å²) in [4.78, 5) is 0. The number of aliphatic hydroxyl groups is 3. The van der Waals surface area contributed by atoms with Crippen LogP contribution in [-0.2, 0) is 15.9 Å². The van der Waals surface area contributed by atoms with Crippen molar-refractivity contribution in [1.29, 1.82) is 0 Å². The third-order valence-corrected chi connectivity index (χ3v) is 12.3. The van der Waals surface area contributed by atoms with E-state index in [2.05, 4.69) is 32.9 Å². The Morgan fingerprint density at radius 3 is 2.43 bits per heavy atom. The summed E-state index contributed by atoms with van der Waals surface area (Å²) in [5, 5.41) is 37.2. The van der Waals surface area contributed by atoms with E-state index in [9.17, 15) is 15.3 Å². The predicted octanol–water partition coefficient (Wildman–Crippen LogP) is 4.33. The van der Waals surface area contributed by atoms with Gasteiger partial charge in [-0.2, -0.15) is 0 Å². The molecule has 6 heteroatoms. The Bertz CT molecular complexity index is 1110. The van der Waals surface area contributed by atoms with Crippen LogP contribution in [0.3, 0.4) is 0 Å². The molecule has 5 fully saturated rings. The second-order valence-corrected chi connectivity index (χ2v) is 14.6. The topological polar surface area (TPSA) is 88.4 Å². The first kappa shape index (κ1) is 24.8. The maximum absolute atomic E-state index is 13.3. The molecule has 5 aliphatic carbocycles. The van der Waals surface area contributed by atoms with Crippen LogP contribution in [0.15, 0.2) is 18.2 Å². The van der Waals surface area contributed by atoms with Crippen LogP contribution < -0.4 is 4.74 Å². The summed E-state index contributed by atoms with van der Waals surface area (Å²) in [6.07, 6.45) is 5.93. The quantitative estimate of drug-likeness (QED) is 0.519. The van der Waals surface area contributed by atoms with Crippen molar-refractivity contribution in [3.63, 3.8) is 0 Å². The zero-order valence-electron chi connectivity index (χ0n) is 22.9. The SMILES string of the molecule is COc1ccc2c(c1)C[C@]13CCC4(C[C@]1(O)CC[C@H]1[C@@H]5CC[C@H](O)[C@@]5(C)CC2[C@@]13O)OCC(C)(C)CO4. The summed E-state index contributed by atoms with van der Waals surface area (Å²) < 4.78 is 18.5. The normalized spacial score (nSPS) is 48.9. The van der Waals surface area contributed by atoms with Gasteiger partial charge in [-0.3, -0.25) is 0 Å². The van der Waals surface area contributed by atoms with E-state index in [1.54, 1.807) is 7.11 Å². The van der Waals surface area contributed by atoms with Crippen molar-refractivity contribution in [3.8, 4) is 5.75 Å². The molecule has 0 bridgehead atoms. The number of hydrogen-bond acceptors (Lipinski definition) is 6. The average molecular weight is 513 g/mol. The fraction of sp³-hybridized carbons (Fsp3) is 0.806. The molecule has 37 heavy (non-hydrogen) atoms. The summed E-state index contributed by atoms with van der Waals surface area (Å²) in [7, 11) is 1.69. The van der Waals surface area contributed by atoms with Crippen molar-refractivity contribution in [2.45, 2.75) is 108 Å². The van der Waals surface area contributed by atoms with Crippen molar-refractivity contribution in [1.82, 2.24) is 0 Å². The van der Waals surface area contributed by atoms with Gasteiger partial charge in [-0.1, -0.05) is 26.8 Å². The van der Waals surface area contributed by atoms with E-state index in [1.165, 1.54) is 11.1 Å². The largest absolute Gasteiger partial charge is 0.497 e. The van der Waals surface area contributed by atoms with Crippen molar-refractivity contribution in [2.24, 2.45) is 28.1 Å². The molecule has 0 amide bonds. The summed E-state index contributed by atoms with van der Waals surface area (Å²) in [6, 6.07) is 6.26. The Morgan fingerprint density at radius 2 is 1.70 bits per heavy atom. The lowest BCUT2D eigenvalue weighted by atomic mass is 9.35. The van der Waals surface area contributed by atoms with E-state index >= 15 is 0 Å². The van der Waals surface area contributed by atoms with Gasteiger partial charge in [-0.05, 0) is 85.5 Å². The number of methoxy groups -OCH3 is 1. The van der Waals surface area contributed by atoms with Gasteiger partial charge in [0, 0.05) is 29.6 Å². The van der Waals surface area contributed by atoms with Gasteiger partial charge < -0.3 is 29.5 Å². The second kappa shape index (κ2) is 7.51. The minimum atomic E-state index is -1.10. The van der Waals surface area contributed by atoms with Gasteiger partial charge in [0.15, 0.2) is 5.79 Å². The van der Waals surface area contributed by atoms with Gasteiger partial charge in [-0.15, -0.1) is 0 Å². The third kappa shape index (κ3) is 3.00.